The van der Waals surface area contributed by atoms with Gasteiger partial charge in [0, 0.05) is 24.8 Å². The standard InChI is InChI=1S/C14H18F3N/c1-10-2-3-12(15)11(8-10)13(9-18)4-6-14(16,17)7-5-13/h2-3,8H,4-7,9,18H2,1H3. The smallest absolute Gasteiger partial charge is 0.248 e. The first-order valence-electron chi connectivity index (χ1n) is 6.23. The summed E-state index contributed by atoms with van der Waals surface area (Å²) in [5, 5.41) is 0. The van der Waals surface area contributed by atoms with Gasteiger partial charge in [-0.1, -0.05) is 17.7 Å². The molecular weight excluding hydrogens is 239 g/mol. The monoisotopic (exact) mass is 257 g/mol. The lowest BCUT2D eigenvalue weighted by Crippen LogP contribution is -2.42. The van der Waals surface area contributed by atoms with E-state index in [0.717, 1.165) is 5.56 Å². The van der Waals surface area contributed by atoms with E-state index >= 15 is 0 Å². The van der Waals surface area contributed by atoms with Crippen molar-refractivity contribution in [2.75, 3.05) is 6.54 Å². The molecule has 0 spiro atoms. The highest BCUT2D eigenvalue weighted by molar-refractivity contribution is 5.32. The molecule has 1 aliphatic carbocycles. The molecule has 0 heterocycles. The third kappa shape index (κ3) is 2.39. The number of aryl methyl sites for hydroxylation is 1. The molecule has 0 atom stereocenters. The van der Waals surface area contributed by atoms with Crippen LogP contribution in [0.15, 0.2) is 18.2 Å². The largest absolute Gasteiger partial charge is 0.330 e. The van der Waals surface area contributed by atoms with Gasteiger partial charge in [0.15, 0.2) is 0 Å². The second-order valence-corrected chi connectivity index (χ2v) is 5.32. The lowest BCUT2D eigenvalue weighted by molar-refractivity contribution is -0.0513. The van der Waals surface area contributed by atoms with Crippen molar-refractivity contribution in [3.05, 3.63) is 35.1 Å². The van der Waals surface area contributed by atoms with Crippen LogP contribution in [0, 0.1) is 12.7 Å². The lowest BCUT2D eigenvalue weighted by atomic mass is 9.68. The summed E-state index contributed by atoms with van der Waals surface area (Å²) in [5.74, 6) is -2.96. The zero-order chi connectivity index (χ0) is 13.4. The molecule has 2 rings (SSSR count). The summed E-state index contributed by atoms with van der Waals surface area (Å²) < 4.78 is 40.4. The van der Waals surface area contributed by atoms with Gasteiger partial charge in [-0.05, 0) is 31.4 Å². The maximum absolute atomic E-state index is 13.9. The molecule has 1 fully saturated rings. The number of hydrogen-bond donors (Lipinski definition) is 1. The first-order chi connectivity index (χ1) is 8.38. The molecule has 18 heavy (non-hydrogen) atoms. The second-order valence-electron chi connectivity index (χ2n) is 5.32. The van der Waals surface area contributed by atoms with E-state index in [0.29, 0.717) is 5.56 Å². The van der Waals surface area contributed by atoms with Crippen LogP contribution in [0.5, 0.6) is 0 Å². The van der Waals surface area contributed by atoms with Gasteiger partial charge in [-0.15, -0.1) is 0 Å². The number of halogens is 3. The normalized spacial score (nSPS) is 21.8. The molecule has 0 amide bonds. The van der Waals surface area contributed by atoms with E-state index in [1.165, 1.54) is 6.07 Å². The molecule has 2 N–H and O–H groups in total. The van der Waals surface area contributed by atoms with Crippen molar-refractivity contribution in [2.45, 2.75) is 43.9 Å². The lowest BCUT2D eigenvalue weighted by Gasteiger charge is -2.40. The zero-order valence-corrected chi connectivity index (χ0v) is 10.5. The average Bonchev–Trinajstić information content (AvgIpc) is 2.33. The van der Waals surface area contributed by atoms with Crippen LogP contribution in [0.1, 0.15) is 36.8 Å². The van der Waals surface area contributed by atoms with Crippen LogP contribution >= 0.6 is 0 Å². The van der Waals surface area contributed by atoms with Crippen molar-refractivity contribution >= 4 is 0 Å². The maximum atomic E-state index is 13.9. The van der Waals surface area contributed by atoms with Gasteiger partial charge in [-0.25, -0.2) is 13.2 Å². The fraction of sp³-hybridized carbons (Fsp3) is 0.571. The first kappa shape index (κ1) is 13.4. The number of hydrogen-bond acceptors (Lipinski definition) is 1. The summed E-state index contributed by atoms with van der Waals surface area (Å²) in [6, 6.07) is 4.82. The molecule has 1 aromatic carbocycles. The van der Waals surface area contributed by atoms with E-state index in [2.05, 4.69) is 0 Å². The molecule has 1 saturated carbocycles. The second kappa shape index (κ2) is 4.57. The van der Waals surface area contributed by atoms with Crippen LogP contribution in [-0.2, 0) is 5.41 Å². The van der Waals surface area contributed by atoms with E-state index in [-0.39, 0.29) is 38.0 Å². The molecule has 1 aliphatic rings. The fourth-order valence-electron chi connectivity index (χ4n) is 2.72. The van der Waals surface area contributed by atoms with Crippen LogP contribution < -0.4 is 5.73 Å². The molecule has 0 unspecified atom stereocenters. The molecule has 4 heteroatoms. The number of alkyl halides is 2. The summed E-state index contributed by atoms with van der Waals surface area (Å²) in [4.78, 5) is 0. The summed E-state index contributed by atoms with van der Waals surface area (Å²) in [6.07, 6.45) is 0.0723. The van der Waals surface area contributed by atoms with Crippen molar-refractivity contribution < 1.29 is 13.2 Å². The van der Waals surface area contributed by atoms with Crippen molar-refractivity contribution in [1.29, 1.82) is 0 Å². The predicted molar refractivity (Wildman–Crippen MR) is 65.3 cm³/mol. The van der Waals surface area contributed by atoms with Gasteiger partial charge in [-0.3, -0.25) is 0 Å². The Balaban J connectivity index is 2.36. The summed E-state index contributed by atoms with van der Waals surface area (Å²) >= 11 is 0. The van der Waals surface area contributed by atoms with Gasteiger partial charge in [0.25, 0.3) is 0 Å². The highest BCUT2D eigenvalue weighted by atomic mass is 19.3. The Hall–Kier alpha value is -1.03. The summed E-state index contributed by atoms with van der Waals surface area (Å²) in [7, 11) is 0. The molecule has 0 radical (unpaired) electrons. The summed E-state index contributed by atoms with van der Waals surface area (Å²) in [6.45, 7) is 2.08. The van der Waals surface area contributed by atoms with Crippen molar-refractivity contribution in [2.24, 2.45) is 5.73 Å². The highest BCUT2D eigenvalue weighted by Crippen LogP contribution is 2.45. The molecule has 0 aliphatic heterocycles. The van der Waals surface area contributed by atoms with Gasteiger partial charge < -0.3 is 5.73 Å². The highest BCUT2D eigenvalue weighted by Gasteiger charge is 2.44. The van der Waals surface area contributed by atoms with Crippen LogP contribution in [0.25, 0.3) is 0 Å². The third-order valence-electron chi connectivity index (χ3n) is 4.02. The van der Waals surface area contributed by atoms with E-state index in [1.54, 1.807) is 12.1 Å². The molecule has 0 saturated heterocycles. The molecule has 0 aromatic heterocycles. The molecule has 1 nitrogen and oxygen atoms in total. The SMILES string of the molecule is Cc1ccc(F)c(C2(CN)CCC(F)(F)CC2)c1. The Kier molecular flexibility index (Phi) is 3.41. The Morgan fingerprint density at radius 1 is 1.17 bits per heavy atom. The van der Waals surface area contributed by atoms with Crippen LogP contribution in [0.4, 0.5) is 13.2 Å². The fourth-order valence-corrected chi connectivity index (χ4v) is 2.72. The number of nitrogens with two attached hydrogens (primary N) is 1. The van der Waals surface area contributed by atoms with Gasteiger partial charge >= 0.3 is 0 Å². The van der Waals surface area contributed by atoms with E-state index in [1.807, 2.05) is 6.92 Å². The van der Waals surface area contributed by atoms with Gasteiger partial charge in [0.2, 0.25) is 5.92 Å². The minimum absolute atomic E-state index is 0.211. The molecule has 1 aromatic rings. The van der Waals surface area contributed by atoms with Gasteiger partial charge in [-0.2, -0.15) is 0 Å². The quantitative estimate of drug-likeness (QED) is 0.861. The van der Waals surface area contributed by atoms with Crippen LogP contribution in [0.3, 0.4) is 0 Å². The van der Waals surface area contributed by atoms with Crippen molar-refractivity contribution in [1.82, 2.24) is 0 Å². The molecular formula is C14H18F3N. The zero-order valence-electron chi connectivity index (χ0n) is 10.5. The maximum Gasteiger partial charge on any atom is 0.248 e. The average molecular weight is 257 g/mol. The number of benzene rings is 1. The molecule has 100 valence electrons. The number of rotatable bonds is 2. The third-order valence-corrected chi connectivity index (χ3v) is 4.02. The van der Waals surface area contributed by atoms with E-state index in [9.17, 15) is 13.2 Å². The van der Waals surface area contributed by atoms with Gasteiger partial charge in [0.05, 0.1) is 0 Å². The summed E-state index contributed by atoms with van der Waals surface area (Å²) in [5.41, 5.74) is 6.57. The van der Waals surface area contributed by atoms with E-state index in [4.69, 9.17) is 5.73 Å². The Labute approximate surface area is 105 Å². The van der Waals surface area contributed by atoms with Crippen molar-refractivity contribution in [3.8, 4) is 0 Å². The van der Waals surface area contributed by atoms with Crippen molar-refractivity contribution in [3.63, 3.8) is 0 Å². The van der Waals surface area contributed by atoms with E-state index < -0.39 is 11.3 Å². The Morgan fingerprint density at radius 2 is 1.78 bits per heavy atom. The first-order valence-corrected chi connectivity index (χ1v) is 6.23. The minimum Gasteiger partial charge on any atom is -0.330 e. The van der Waals surface area contributed by atoms with Gasteiger partial charge in [0.1, 0.15) is 5.82 Å². The van der Waals surface area contributed by atoms with Crippen LogP contribution in [0.2, 0.25) is 0 Å². The Morgan fingerprint density at radius 3 is 2.33 bits per heavy atom. The minimum atomic E-state index is -2.63. The Bertz CT molecular complexity index is 433. The predicted octanol–water partition coefficient (Wildman–Crippen LogP) is 3.54. The molecule has 0 bridgehead atoms. The topological polar surface area (TPSA) is 26.0 Å². The van der Waals surface area contributed by atoms with Crippen LogP contribution in [-0.4, -0.2) is 12.5 Å².